The molecule has 0 saturated carbocycles. The molecule has 4 nitrogen and oxygen atoms in total. The van der Waals surface area contributed by atoms with Crippen LogP contribution in [-0.2, 0) is 6.42 Å². The van der Waals surface area contributed by atoms with Gasteiger partial charge in [0.25, 0.3) is 0 Å². The largest absolute Gasteiger partial charge is 1.00 e. The fourth-order valence-corrected chi connectivity index (χ4v) is 9.65. The van der Waals surface area contributed by atoms with E-state index in [2.05, 4.69) is 91.0 Å². The van der Waals surface area contributed by atoms with Crippen LogP contribution in [-0.4, -0.2) is 30.6 Å². The van der Waals surface area contributed by atoms with E-state index in [-0.39, 0.29) is 47.0 Å². The highest BCUT2D eigenvalue weighted by molar-refractivity contribution is 7.95. The summed E-state index contributed by atoms with van der Waals surface area (Å²) in [6.07, 6.45) is 4.65. The lowest BCUT2D eigenvalue weighted by atomic mass is 9.99. The maximum Gasteiger partial charge on any atom is 0.207 e. The average molecular weight is 643 g/mol. The molecule has 0 radical (unpaired) electrons. The van der Waals surface area contributed by atoms with Gasteiger partial charge in [0.05, 0.1) is 20.4 Å². The quantitative estimate of drug-likeness (QED) is 0.114. The molecule has 0 heterocycles. The summed E-state index contributed by atoms with van der Waals surface area (Å²) < 4.78 is 10.6. The van der Waals surface area contributed by atoms with E-state index in [1.165, 1.54) is 30.1 Å². The number of aromatic hydroxyl groups is 2. The second kappa shape index (κ2) is 13.9. The Bertz CT molecular complexity index is 1200. The molecule has 0 fully saturated rings. The van der Waals surface area contributed by atoms with Crippen molar-refractivity contribution in [3.05, 3.63) is 102 Å². The molecule has 200 valence electrons. The van der Waals surface area contributed by atoms with Crippen LogP contribution < -0.4 is 49.4 Å². The molecule has 0 aliphatic heterocycles. The van der Waals surface area contributed by atoms with Gasteiger partial charge in [-0.2, -0.15) is 0 Å². The van der Waals surface area contributed by atoms with Gasteiger partial charge in [-0.25, -0.2) is 0 Å². The highest BCUT2D eigenvalue weighted by atomic mass is 127. The molecule has 4 rings (SSSR count). The normalized spacial score (nSPS) is 11.0. The van der Waals surface area contributed by atoms with Crippen molar-refractivity contribution in [1.82, 2.24) is 0 Å². The summed E-state index contributed by atoms with van der Waals surface area (Å²) in [6, 6.07) is 32.8. The fourth-order valence-electron chi connectivity index (χ4n) is 5.24. The zero-order chi connectivity index (χ0) is 26.3. The van der Waals surface area contributed by atoms with Crippen molar-refractivity contribution >= 4 is 23.2 Å². The summed E-state index contributed by atoms with van der Waals surface area (Å²) >= 11 is 0. The number of rotatable bonds is 11. The van der Waals surface area contributed by atoms with Crippen LogP contribution in [0, 0.1) is 6.92 Å². The lowest BCUT2D eigenvalue weighted by Gasteiger charge is -2.27. The van der Waals surface area contributed by atoms with Crippen LogP contribution in [0.2, 0.25) is 0 Å². The number of benzene rings is 4. The maximum absolute atomic E-state index is 10.8. The van der Waals surface area contributed by atoms with E-state index in [1.54, 1.807) is 0 Å². The fraction of sp³-hybridized carbons (Fsp3) is 0.250. The van der Waals surface area contributed by atoms with Gasteiger partial charge < -0.3 is 43.7 Å². The van der Waals surface area contributed by atoms with Gasteiger partial charge in [0, 0.05) is 11.1 Å². The predicted molar refractivity (Wildman–Crippen MR) is 155 cm³/mol. The van der Waals surface area contributed by atoms with Gasteiger partial charge in [0.2, 0.25) is 11.5 Å². The molecule has 4 aromatic carbocycles. The van der Waals surface area contributed by atoms with Crippen molar-refractivity contribution in [3.63, 3.8) is 0 Å². The number of hydrogen-bond donors (Lipinski definition) is 2. The smallest absolute Gasteiger partial charge is 0.207 e. The van der Waals surface area contributed by atoms with Gasteiger partial charge in [-0.1, -0.05) is 54.6 Å². The first-order chi connectivity index (χ1) is 18.0. The molecule has 4 aromatic rings. The van der Waals surface area contributed by atoms with Crippen molar-refractivity contribution in [3.8, 4) is 23.0 Å². The van der Waals surface area contributed by atoms with Gasteiger partial charge in [0.1, 0.15) is 23.2 Å². The van der Waals surface area contributed by atoms with E-state index < -0.39 is 7.26 Å². The minimum atomic E-state index is -1.84. The molecular weight excluding hydrogens is 606 g/mol. The van der Waals surface area contributed by atoms with Gasteiger partial charge in [-0.3, -0.25) is 0 Å². The van der Waals surface area contributed by atoms with Crippen molar-refractivity contribution in [2.24, 2.45) is 0 Å². The van der Waals surface area contributed by atoms with Gasteiger partial charge in [-0.05, 0) is 69.0 Å². The SMILES string of the molecule is COc1c(O)c(C)c(CCCCC[P+](c2ccccc2)(c2ccccc2)c2ccccc2)c(O)c1OC.[I-]. The number of halogens is 1. The Labute approximate surface area is 244 Å². The third-order valence-corrected chi connectivity index (χ3v) is 11.7. The van der Waals surface area contributed by atoms with Gasteiger partial charge in [-0.15, -0.1) is 0 Å². The highest BCUT2D eigenvalue weighted by Crippen LogP contribution is 2.56. The van der Waals surface area contributed by atoms with E-state index in [0.717, 1.165) is 25.4 Å². The summed E-state index contributed by atoms with van der Waals surface area (Å²) in [5, 5.41) is 25.6. The number of phenols is 2. The second-order valence-electron chi connectivity index (χ2n) is 9.22. The topological polar surface area (TPSA) is 58.9 Å². The molecule has 0 aromatic heterocycles. The third-order valence-electron chi connectivity index (χ3n) is 7.15. The van der Waals surface area contributed by atoms with E-state index in [1.807, 2.05) is 6.92 Å². The molecular formula is C32H36IO4P. The first-order valence-corrected chi connectivity index (χ1v) is 14.7. The Morgan fingerprint density at radius 1 is 0.605 bits per heavy atom. The zero-order valence-corrected chi connectivity index (χ0v) is 25.3. The van der Waals surface area contributed by atoms with E-state index >= 15 is 0 Å². The van der Waals surface area contributed by atoms with Crippen LogP contribution in [0.15, 0.2) is 91.0 Å². The van der Waals surface area contributed by atoms with Crippen molar-refractivity contribution in [1.29, 1.82) is 0 Å². The minimum Gasteiger partial charge on any atom is -1.00 e. The van der Waals surface area contributed by atoms with Gasteiger partial charge in [0.15, 0.2) is 11.5 Å². The second-order valence-corrected chi connectivity index (χ2v) is 12.8. The van der Waals surface area contributed by atoms with Crippen LogP contribution in [0.1, 0.15) is 30.4 Å². The maximum atomic E-state index is 10.8. The molecule has 0 spiro atoms. The minimum absolute atomic E-state index is 0. The molecule has 0 aliphatic rings. The summed E-state index contributed by atoms with van der Waals surface area (Å²) in [5.74, 6) is 0.427. The Kier molecular flexibility index (Phi) is 10.9. The highest BCUT2D eigenvalue weighted by Gasteiger charge is 2.44. The first-order valence-electron chi connectivity index (χ1n) is 12.7. The molecule has 0 saturated heterocycles. The predicted octanol–water partition coefficient (Wildman–Crippen LogP) is 3.13. The summed E-state index contributed by atoms with van der Waals surface area (Å²) in [7, 11) is 1.08. The van der Waals surface area contributed by atoms with Crippen molar-refractivity contribution in [2.75, 3.05) is 20.4 Å². The van der Waals surface area contributed by atoms with Gasteiger partial charge >= 0.3 is 0 Å². The average Bonchev–Trinajstić information content (AvgIpc) is 2.95. The molecule has 6 heteroatoms. The van der Waals surface area contributed by atoms with Crippen LogP contribution in [0.5, 0.6) is 23.0 Å². The Morgan fingerprint density at radius 2 is 1.03 bits per heavy atom. The lowest BCUT2D eigenvalue weighted by Crippen LogP contribution is -3.00. The van der Waals surface area contributed by atoms with Crippen molar-refractivity contribution in [2.45, 2.75) is 32.6 Å². The number of methoxy groups -OCH3 is 2. The number of ether oxygens (including phenoxy) is 2. The van der Waals surface area contributed by atoms with Crippen LogP contribution >= 0.6 is 7.26 Å². The molecule has 0 bridgehead atoms. The Hall–Kier alpha value is -2.76. The lowest BCUT2D eigenvalue weighted by molar-refractivity contribution is -0.00000963. The van der Waals surface area contributed by atoms with E-state index in [0.29, 0.717) is 17.5 Å². The van der Waals surface area contributed by atoms with Crippen LogP contribution in [0.4, 0.5) is 0 Å². The molecule has 2 N–H and O–H groups in total. The van der Waals surface area contributed by atoms with E-state index in [9.17, 15) is 10.2 Å². The first kappa shape index (κ1) is 29.8. The molecule has 0 aliphatic carbocycles. The standard InChI is InChI=1S/C32H35O4P.HI/c1-24-28(30(34)32(36-3)31(35-2)29(24)33)22-14-7-15-23-37(25-16-8-4-9-17-25,26-18-10-5-11-19-26)27-20-12-6-13-21-27;/h4-6,8-13,16-21H,7,14-15,22-23H2,1-3H3,(H-,33,34);1H. The molecule has 0 atom stereocenters. The number of hydrogen-bond acceptors (Lipinski definition) is 4. The Morgan fingerprint density at radius 3 is 1.45 bits per heavy atom. The number of unbranched alkanes of at least 4 members (excludes halogenated alkanes) is 2. The van der Waals surface area contributed by atoms with E-state index in [4.69, 9.17) is 9.47 Å². The van der Waals surface area contributed by atoms with Crippen LogP contribution in [0.25, 0.3) is 0 Å². The van der Waals surface area contributed by atoms with Crippen molar-refractivity contribution < 1.29 is 43.7 Å². The summed E-state index contributed by atoms with van der Waals surface area (Å²) in [5.41, 5.74) is 1.35. The molecule has 0 unspecified atom stereocenters. The molecule has 0 amide bonds. The zero-order valence-electron chi connectivity index (χ0n) is 22.2. The number of phenolic OH excluding ortho intramolecular Hbond substituents is 2. The Balaban J connectivity index is 0.00000400. The van der Waals surface area contributed by atoms with Crippen LogP contribution in [0.3, 0.4) is 0 Å². The summed E-state index contributed by atoms with van der Waals surface area (Å²) in [4.78, 5) is 0. The monoisotopic (exact) mass is 642 g/mol. The summed E-state index contributed by atoms with van der Waals surface area (Å²) in [6.45, 7) is 1.81. The third kappa shape index (κ3) is 5.94. The molecule has 38 heavy (non-hydrogen) atoms.